The van der Waals surface area contributed by atoms with E-state index in [1.165, 1.54) is 0 Å². The number of rotatable bonds is 12. The number of hydrogen-bond acceptors (Lipinski definition) is 9. The largest absolute Gasteiger partial charge is 0.379 e. The SMILES string of the molecule is CC(C)CC(NC(=O)c1cc(CN2CCOCC2)on1)C(=O)NCC(=O)N[C@@H](C)C(=O)C1(C)CO1. The summed E-state index contributed by atoms with van der Waals surface area (Å²) in [4.78, 5) is 52.0. The lowest BCUT2D eigenvalue weighted by atomic mass is 10.0. The molecule has 0 saturated carbocycles. The van der Waals surface area contributed by atoms with Crippen LogP contribution in [-0.2, 0) is 30.4 Å². The van der Waals surface area contributed by atoms with Crippen molar-refractivity contribution in [1.29, 1.82) is 0 Å². The van der Waals surface area contributed by atoms with Crippen molar-refractivity contribution < 1.29 is 33.2 Å². The number of Topliss-reactive ketones (excluding diaryl/α,β-unsaturated/α-hetero) is 1. The Kier molecular flexibility index (Phi) is 8.98. The molecule has 2 aliphatic rings. The second kappa shape index (κ2) is 11.7. The van der Waals surface area contributed by atoms with Crippen LogP contribution >= 0.6 is 0 Å². The number of epoxide rings is 1. The van der Waals surface area contributed by atoms with E-state index in [1.54, 1.807) is 19.9 Å². The predicted molar refractivity (Wildman–Crippen MR) is 123 cm³/mol. The van der Waals surface area contributed by atoms with Crippen molar-refractivity contribution >= 4 is 23.5 Å². The number of hydrogen-bond donors (Lipinski definition) is 3. The summed E-state index contributed by atoms with van der Waals surface area (Å²) in [7, 11) is 0. The molecule has 3 heterocycles. The van der Waals surface area contributed by atoms with E-state index in [4.69, 9.17) is 14.0 Å². The Bertz CT molecular complexity index is 921. The average Bonchev–Trinajstić information content (AvgIpc) is 3.39. The fourth-order valence-corrected chi connectivity index (χ4v) is 3.77. The van der Waals surface area contributed by atoms with Gasteiger partial charge in [-0.25, -0.2) is 0 Å². The number of morpholine rings is 1. The highest BCUT2D eigenvalue weighted by Crippen LogP contribution is 2.28. The quantitative estimate of drug-likeness (QED) is 0.331. The van der Waals surface area contributed by atoms with Gasteiger partial charge in [0.1, 0.15) is 11.6 Å². The van der Waals surface area contributed by atoms with Crippen molar-refractivity contribution in [3.05, 3.63) is 17.5 Å². The summed E-state index contributed by atoms with van der Waals surface area (Å²) < 4.78 is 15.7. The Morgan fingerprint density at radius 1 is 1.14 bits per heavy atom. The lowest BCUT2D eigenvalue weighted by Gasteiger charge is -2.25. The van der Waals surface area contributed by atoms with E-state index < -0.39 is 35.4 Å². The first-order chi connectivity index (χ1) is 16.6. The number of ether oxygens (including phenoxy) is 2. The minimum atomic E-state index is -0.868. The van der Waals surface area contributed by atoms with Gasteiger partial charge in [0.15, 0.2) is 17.2 Å². The summed E-state index contributed by atoms with van der Waals surface area (Å²) in [6, 6.07) is -0.0465. The van der Waals surface area contributed by atoms with Gasteiger partial charge in [-0.2, -0.15) is 0 Å². The highest BCUT2D eigenvalue weighted by molar-refractivity contribution is 5.98. The van der Waals surface area contributed by atoms with Crippen LogP contribution in [0.15, 0.2) is 10.6 Å². The lowest BCUT2D eigenvalue weighted by Crippen LogP contribution is -2.51. The molecule has 1 aromatic heterocycles. The van der Waals surface area contributed by atoms with Crippen LogP contribution in [0.3, 0.4) is 0 Å². The molecule has 2 unspecified atom stereocenters. The van der Waals surface area contributed by atoms with Crippen LogP contribution < -0.4 is 16.0 Å². The Hall–Kier alpha value is -2.83. The van der Waals surface area contributed by atoms with Gasteiger partial charge in [0.2, 0.25) is 11.8 Å². The first kappa shape index (κ1) is 26.8. The number of nitrogens with one attached hydrogen (secondary N) is 3. The summed E-state index contributed by atoms with van der Waals surface area (Å²) in [5.74, 6) is -1.12. The Balaban J connectivity index is 1.50. The third kappa shape index (κ3) is 7.84. The van der Waals surface area contributed by atoms with E-state index >= 15 is 0 Å². The first-order valence-electron chi connectivity index (χ1n) is 11.9. The molecule has 3 rings (SSSR count). The molecule has 3 N–H and O–H groups in total. The second-order valence-corrected chi connectivity index (χ2v) is 9.61. The molecule has 3 atom stereocenters. The molecule has 0 bridgehead atoms. The third-order valence-corrected chi connectivity index (χ3v) is 5.90. The van der Waals surface area contributed by atoms with Crippen LogP contribution in [0.1, 0.15) is 50.4 Å². The van der Waals surface area contributed by atoms with Crippen molar-refractivity contribution in [2.45, 2.75) is 58.3 Å². The van der Waals surface area contributed by atoms with Gasteiger partial charge in [-0.15, -0.1) is 0 Å². The number of amides is 3. The highest BCUT2D eigenvalue weighted by Gasteiger charge is 2.48. The molecule has 12 nitrogen and oxygen atoms in total. The van der Waals surface area contributed by atoms with Crippen molar-refractivity contribution in [3.63, 3.8) is 0 Å². The molecular formula is C23H35N5O7. The van der Waals surface area contributed by atoms with Crippen LogP contribution in [0.5, 0.6) is 0 Å². The maximum absolute atomic E-state index is 12.8. The Labute approximate surface area is 204 Å². The van der Waals surface area contributed by atoms with Crippen LogP contribution in [0.2, 0.25) is 0 Å². The van der Waals surface area contributed by atoms with Crippen molar-refractivity contribution in [3.8, 4) is 0 Å². The second-order valence-electron chi connectivity index (χ2n) is 9.61. The van der Waals surface area contributed by atoms with Gasteiger partial charge >= 0.3 is 0 Å². The van der Waals surface area contributed by atoms with Crippen LogP contribution in [0.4, 0.5) is 0 Å². The van der Waals surface area contributed by atoms with Gasteiger partial charge in [-0.3, -0.25) is 24.1 Å². The summed E-state index contributed by atoms with van der Waals surface area (Å²) in [6.45, 7) is 10.4. The normalized spacial score (nSPS) is 21.7. The topological polar surface area (TPSA) is 155 Å². The molecule has 12 heteroatoms. The molecular weight excluding hydrogens is 458 g/mol. The zero-order valence-corrected chi connectivity index (χ0v) is 20.7. The molecule has 2 saturated heterocycles. The minimum absolute atomic E-state index is 0.0793. The molecule has 0 spiro atoms. The van der Waals surface area contributed by atoms with Gasteiger partial charge < -0.3 is 29.9 Å². The van der Waals surface area contributed by atoms with Gasteiger partial charge in [0.25, 0.3) is 5.91 Å². The monoisotopic (exact) mass is 493 g/mol. The number of ketones is 1. The standard InChI is InChI=1S/C23H35N5O7/c1-14(2)9-17(21(31)24-11-19(29)25-15(3)20(30)23(4)13-34-23)26-22(32)18-10-16(35-27-18)12-28-5-7-33-8-6-28/h10,14-15,17H,5-9,11-13H2,1-4H3,(H,24,31)(H,25,29)(H,26,32)/t15-,17?,23?/m0/s1. The Morgan fingerprint density at radius 2 is 1.83 bits per heavy atom. The molecule has 0 aromatic carbocycles. The Morgan fingerprint density at radius 3 is 2.46 bits per heavy atom. The molecule has 1 aromatic rings. The minimum Gasteiger partial charge on any atom is -0.379 e. The summed E-state index contributed by atoms with van der Waals surface area (Å²) in [5, 5.41) is 11.6. The van der Waals surface area contributed by atoms with Gasteiger partial charge in [-0.05, 0) is 26.2 Å². The van der Waals surface area contributed by atoms with Crippen LogP contribution in [-0.4, -0.2) is 90.7 Å². The molecule has 2 aliphatic heterocycles. The molecule has 3 amide bonds. The molecule has 194 valence electrons. The van der Waals surface area contributed by atoms with Crippen molar-refractivity contribution in [1.82, 2.24) is 26.0 Å². The fourth-order valence-electron chi connectivity index (χ4n) is 3.77. The number of nitrogens with zero attached hydrogens (tertiary/aromatic N) is 2. The predicted octanol–water partition coefficient (Wildman–Crippen LogP) is -0.370. The number of carbonyl (C=O) groups is 4. The van der Waals surface area contributed by atoms with Gasteiger partial charge in [0, 0.05) is 19.2 Å². The van der Waals surface area contributed by atoms with E-state index in [9.17, 15) is 19.2 Å². The maximum atomic E-state index is 12.8. The third-order valence-electron chi connectivity index (χ3n) is 5.90. The van der Waals surface area contributed by atoms with E-state index in [0.29, 0.717) is 38.5 Å². The van der Waals surface area contributed by atoms with Crippen molar-refractivity contribution in [2.24, 2.45) is 5.92 Å². The van der Waals surface area contributed by atoms with Gasteiger partial charge in [-0.1, -0.05) is 19.0 Å². The number of carbonyl (C=O) groups excluding carboxylic acids is 4. The maximum Gasteiger partial charge on any atom is 0.274 e. The molecule has 2 fully saturated rings. The molecule has 0 radical (unpaired) electrons. The summed E-state index contributed by atoms with van der Waals surface area (Å²) >= 11 is 0. The molecule has 35 heavy (non-hydrogen) atoms. The highest BCUT2D eigenvalue weighted by atomic mass is 16.6. The first-order valence-corrected chi connectivity index (χ1v) is 11.9. The van der Waals surface area contributed by atoms with Crippen LogP contribution in [0, 0.1) is 5.92 Å². The van der Waals surface area contributed by atoms with Gasteiger partial charge in [0.05, 0.1) is 39.0 Å². The zero-order valence-electron chi connectivity index (χ0n) is 20.7. The van der Waals surface area contributed by atoms with E-state index in [0.717, 1.165) is 13.1 Å². The summed E-state index contributed by atoms with van der Waals surface area (Å²) in [5.41, 5.74) is -0.762. The van der Waals surface area contributed by atoms with Crippen molar-refractivity contribution in [2.75, 3.05) is 39.5 Å². The zero-order chi connectivity index (χ0) is 25.6. The van der Waals surface area contributed by atoms with E-state index in [2.05, 4.69) is 26.0 Å². The van der Waals surface area contributed by atoms with Crippen LogP contribution in [0.25, 0.3) is 0 Å². The lowest BCUT2D eigenvalue weighted by molar-refractivity contribution is -0.130. The average molecular weight is 494 g/mol. The number of aromatic nitrogens is 1. The molecule has 0 aliphatic carbocycles. The van der Waals surface area contributed by atoms with E-state index in [-0.39, 0.29) is 23.9 Å². The van der Waals surface area contributed by atoms with E-state index in [1.807, 2.05) is 13.8 Å². The smallest absolute Gasteiger partial charge is 0.274 e. The fraction of sp³-hybridized carbons (Fsp3) is 0.696. The summed E-state index contributed by atoms with van der Waals surface area (Å²) in [6.07, 6.45) is 0.363.